The third-order valence-electron chi connectivity index (χ3n) is 9.05. The molecule has 4 aliphatic rings. The summed E-state index contributed by atoms with van der Waals surface area (Å²) in [6, 6.07) is 7.85. The number of carboxylic acid groups (broad SMARTS) is 1. The van der Waals surface area contributed by atoms with Crippen molar-refractivity contribution in [3.05, 3.63) is 47.6 Å². The van der Waals surface area contributed by atoms with E-state index in [-0.39, 0.29) is 22.7 Å². The number of fused-ring (bicyclic) bond motifs is 3. The summed E-state index contributed by atoms with van der Waals surface area (Å²) in [6.07, 6.45) is 12.7. The monoisotopic (exact) mass is 491 g/mol. The summed E-state index contributed by atoms with van der Waals surface area (Å²) < 4.78 is 5.61. The van der Waals surface area contributed by atoms with Crippen molar-refractivity contribution >= 4 is 23.1 Å². The number of rotatable bonds is 7. The number of aromatic nitrogens is 2. The van der Waals surface area contributed by atoms with Gasteiger partial charge >= 0.3 is 5.97 Å². The maximum Gasteiger partial charge on any atom is 0.328 e. The number of carbonyl (C=O) groups is 2. The van der Waals surface area contributed by atoms with Crippen LogP contribution in [0, 0.1) is 18.3 Å². The molecule has 0 saturated heterocycles. The predicted molar refractivity (Wildman–Crippen MR) is 138 cm³/mol. The summed E-state index contributed by atoms with van der Waals surface area (Å²) in [7, 11) is 0. The van der Waals surface area contributed by atoms with Crippen molar-refractivity contribution in [2.45, 2.75) is 89.9 Å². The minimum absolute atomic E-state index is 0.0140. The summed E-state index contributed by atoms with van der Waals surface area (Å²) in [4.78, 5) is 31.8. The first-order valence-corrected chi connectivity index (χ1v) is 13.4. The smallest absolute Gasteiger partial charge is 0.328 e. The van der Waals surface area contributed by atoms with Gasteiger partial charge in [0.15, 0.2) is 5.82 Å². The van der Waals surface area contributed by atoms with Crippen molar-refractivity contribution in [1.82, 2.24) is 10.1 Å². The van der Waals surface area contributed by atoms with E-state index in [4.69, 9.17) is 4.52 Å². The lowest BCUT2D eigenvalue weighted by Gasteiger charge is -2.53. The van der Waals surface area contributed by atoms with Gasteiger partial charge in [-0.2, -0.15) is 4.98 Å². The molecule has 1 heterocycles. The quantitative estimate of drug-likeness (QED) is 0.472. The van der Waals surface area contributed by atoms with Gasteiger partial charge in [0.2, 0.25) is 11.8 Å². The molecule has 2 bridgehead atoms. The zero-order valence-corrected chi connectivity index (χ0v) is 21.5. The zero-order valence-electron chi connectivity index (χ0n) is 21.5. The number of amides is 1. The van der Waals surface area contributed by atoms with Crippen molar-refractivity contribution in [2.75, 3.05) is 11.4 Å². The Labute approximate surface area is 213 Å². The molecule has 7 heteroatoms. The maximum atomic E-state index is 14.0. The van der Waals surface area contributed by atoms with Gasteiger partial charge in [-0.1, -0.05) is 36.6 Å². The average Bonchev–Trinajstić information content (AvgIpc) is 3.35. The summed E-state index contributed by atoms with van der Waals surface area (Å²) in [5, 5.41) is 13.3. The number of hydrogen-bond donors (Lipinski definition) is 1. The number of nitrogens with zero attached hydrogens (tertiary/aromatic N) is 3. The van der Waals surface area contributed by atoms with Gasteiger partial charge in [0, 0.05) is 29.6 Å². The fraction of sp³-hybridized carbons (Fsp3) is 0.586. The van der Waals surface area contributed by atoms with Crippen LogP contribution in [-0.2, 0) is 15.0 Å². The summed E-state index contributed by atoms with van der Waals surface area (Å²) >= 11 is 0. The van der Waals surface area contributed by atoms with Crippen LogP contribution >= 0.6 is 0 Å². The predicted octanol–water partition coefficient (Wildman–Crippen LogP) is 6.07. The number of aryl methyl sites for hydroxylation is 1. The molecule has 0 unspecified atom stereocenters. The zero-order chi connectivity index (χ0) is 25.3. The summed E-state index contributed by atoms with van der Waals surface area (Å²) in [5.74, 6) is 0.824. The van der Waals surface area contributed by atoms with Crippen LogP contribution in [0.15, 0.2) is 34.9 Å². The van der Waals surface area contributed by atoms with Crippen molar-refractivity contribution in [3.8, 4) is 0 Å². The van der Waals surface area contributed by atoms with Crippen LogP contribution in [0.1, 0.15) is 94.8 Å². The molecule has 1 aromatic heterocycles. The Morgan fingerprint density at radius 2 is 1.81 bits per heavy atom. The highest BCUT2D eigenvalue weighted by Gasteiger charge is 2.53. The topological polar surface area (TPSA) is 96.5 Å². The van der Waals surface area contributed by atoms with Gasteiger partial charge < -0.3 is 14.5 Å². The second-order valence-electron chi connectivity index (χ2n) is 11.4. The molecule has 2 aromatic rings. The first-order valence-electron chi connectivity index (χ1n) is 13.4. The molecule has 1 amide bonds. The van der Waals surface area contributed by atoms with Crippen LogP contribution in [0.4, 0.5) is 5.69 Å². The van der Waals surface area contributed by atoms with Gasteiger partial charge in [-0.05, 0) is 93.9 Å². The van der Waals surface area contributed by atoms with Crippen LogP contribution in [0.3, 0.4) is 0 Å². The van der Waals surface area contributed by atoms with Crippen LogP contribution in [0.5, 0.6) is 0 Å². The number of benzene rings is 1. The lowest BCUT2D eigenvalue weighted by atomic mass is 9.53. The van der Waals surface area contributed by atoms with Crippen molar-refractivity contribution in [3.63, 3.8) is 0 Å². The van der Waals surface area contributed by atoms with Gasteiger partial charge in [0.1, 0.15) is 0 Å². The Morgan fingerprint density at radius 3 is 2.42 bits per heavy atom. The first kappa shape index (κ1) is 24.7. The minimum Gasteiger partial charge on any atom is -0.478 e. The molecular formula is C29H37N3O4. The van der Waals surface area contributed by atoms with Crippen molar-refractivity contribution < 1.29 is 19.2 Å². The van der Waals surface area contributed by atoms with E-state index >= 15 is 0 Å². The summed E-state index contributed by atoms with van der Waals surface area (Å²) in [6.45, 7) is 4.39. The largest absolute Gasteiger partial charge is 0.478 e. The molecule has 0 aliphatic heterocycles. The maximum absolute atomic E-state index is 14.0. The summed E-state index contributed by atoms with van der Waals surface area (Å²) in [5.41, 5.74) is 2.48. The van der Waals surface area contributed by atoms with Crippen LogP contribution in [0.25, 0.3) is 5.57 Å². The Hall–Kier alpha value is -2.96. The third kappa shape index (κ3) is 4.84. The number of aliphatic carboxylic acids is 1. The van der Waals surface area contributed by atoms with E-state index < -0.39 is 5.97 Å². The molecule has 4 saturated carbocycles. The van der Waals surface area contributed by atoms with Gasteiger partial charge in [0.05, 0.1) is 0 Å². The highest BCUT2D eigenvalue weighted by Crippen LogP contribution is 2.58. The Balaban J connectivity index is 1.42. The Bertz CT molecular complexity index is 1140. The van der Waals surface area contributed by atoms with E-state index in [1.165, 1.54) is 12.5 Å². The molecule has 4 aliphatic carbocycles. The normalized spacial score (nSPS) is 26.7. The molecule has 0 spiro atoms. The van der Waals surface area contributed by atoms with Gasteiger partial charge in [-0.3, -0.25) is 4.79 Å². The molecule has 192 valence electrons. The molecule has 0 atom stereocenters. The molecule has 0 radical (unpaired) electrons. The van der Waals surface area contributed by atoms with E-state index in [9.17, 15) is 14.7 Å². The van der Waals surface area contributed by atoms with Crippen LogP contribution in [-0.4, -0.2) is 33.7 Å². The Morgan fingerprint density at radius 1 is 1.11 bits per heavy atom. The number of carbonyl (C=O) groups excluding carboxylic acids is 1. The van der Waals surface area contributed by atoms with E-state index in [0.717, 1.165) is 81.3 Å². The SMILES string of the molecule is C/C(=C\C(=O)O)c1cccc(N(CC23CCC(c4nc(C)no4)(CC2)CC3)C(=O)C2CCCCC2)c1. The van der Waals surface area contributed by atoms with Crippen LogP contribution in [0.2, 0.25) is 0 Å². The fourth-order valence-electron chi connectivity index (χ4n) is 6.72. The van der Waals surface area contributed by atoms with Gasteiger partial charge in [-0.15, -0.1) is 0 Å². The number of hydrogen-bond acceptors (Lipinski definition) is 5. The standard InChI is InChI=1S/C29H37N3O4/c1-20(17-25(33)34)23-9-6-10-24(18-23)32(26(35)22-7-4-3-5-8-22)19-28-11-14-29(15-12-28,16-13-28)27-30-21(2)31-36-27/h6,9-10,17-18,22H,3-5,7-8,11-16,19H2,1-2H3,(H,33,34)/b20-17+. The van der Waals surface area contributed by atoms with E-state index in [2.05, 4.69) is 10.1 Å². The second-order valence-corrected chi connectivity index (χ2v) is 11.4. The molecule has 6 rings (SSSR count). The Kier molecular flexibility index (Phi) is 6.75. The lowest BCUT2D eigenvalue weighted by Crippen LogP contribution is -2.51. The number of anilines is 1. The molecule has 1 aromatic carbocycles. The highest BCUT2D eigenvalue weighted by atomic mass is 16.5. The third-order valence-corrected chi connectivity index (χ3v) is 9.05. The van der Waals surface area contributed by atoms with Gasteiger partial charge in [-0.25, -0.2) is 4.79 Å². The average molecular weight is 492 g/mol. The van der Waals surface area contributed by atoms with E-state index in [1.807, 2.05) is 36.1 Å². The van der Waals surface area contributed by atoms with Crippen molar-refractivity contribution in [2.24, 2.45) is 11.3 Å². The number of allylic oxidation sites excluding steroid dienone is 1. The van der Waals surface area contributed by atoms with E-state index in [0.29, 0.717) is 17.9 Å². The van der Waals surface area contributed by atoms with Crippen LogP contribution < -0.4 is 4.90 Å². The fourth-order valence-corrected chi connectivity index (χ4v) is 6.72. The van der Waals surface area contributed by atoms with Crippen molar-refractivity contribution in [1.29, 1.82) is 0 Å². The minimum atomic E-state index is -0.962. The lowest BCUT2D eigenvalue weighted by molar-refractivity contribution is -0.131. The molecular weight excluding hydrogens is 454 g/mol. The van der Waals surface area contributed by atoms with Gasteiger partial charge in [0.25, 0.3) is 0 Å². The molecule has 7 nitrogen and oxygen atoms in total. The second kappa shape index (κ2) is 9.83. The highest BCUT2D eigenvalue weighted by molar-refractivity contribution is 5.96. The first-order chi connectivity index (χ1) is 17.3. The number of carboxylic acids is 1. The molecule has 1 N–H and O–H groups in total. The molecule has 36 heavy (non-hydrogen) atoms. The molecule has 4 fully saturated rings. The van der Waals surface area contributed by atoms with E-state index in [1.54, 1.807) is 6.92 Å².